The minimum absolute atomic E-state index is 0.0174. The Balaban J connectivity index is 1.82. The second kappa shape index (κ2) is 13.6. The van der Waals surface area contributed by atoms with Crippen LogP contribution in [-0.2, 0) is 11.3 Å². The Bertz CT molecular complexity index is 1310. The van der Waals surface area contributed by atoms with Crippen LogP contribution in [0, 0.1) is 22.7 Å². The molecule has 0 radical (unpaired) electrons. The smallest absolute Gasteiger partial charge is 0.481 e. The predicted molar refractivity (Wildman–Crippen MR) is 149 cm³/mol. The van der Waals surface area contributed by atoms with Crippen molar-refractivity contribution in [3.63, 3.8) is 0 Å². The fourth-order valence-electron chi connectivity index (χ4n) is 5.05. The predicted octanol–water partition coefficient (Wildman–Crippen LogP) is 6.30. The molecule has 3 N–H and O–H groups in total. The highest BCUT2D eigenvalue weighted by Crippen LogP contribution is 2.40. The van der Waals surface area contributed by atoms with E-state index in [9.17, 15) is 27.6 Å². The number of carbonyl (C=O) groups excluding carboxylic acids is 2. The summed E-state index contributed by atoms with van der Waals surface area (Å²) in [6.07, 6.45) is -2.06. The van der Waals surface area contributed by atoms with Crippen molar-refractivity contribution in [1.82, 2.24) is 10.2 Å². The number of aliphatic carboxylic acids is 1. The Morgan fingerprint density at radius 3 is 2.24 bits per heavy atom. The van der Waals surface area contributed by atoms with Crippen molar-refractivity contribution >= 4 is 23.6 Å². The van der Waals surface area contributed by atoms with Crippen LogP contribution in [0.3, 0.4) is 0 Å². The van der Waals surface area contributed by atoms with Gasteiger partial charge in [-0.2, -0.15) is 5.26 Å². The highest BCUT2D eigenvalue weighted by Gasteiger charge is 2.35. The molecular weight excluding hydrogens is 553 g/mol. The number of urea groups is 1. The zero-order chi connectivity index (χ0) is 31.1. The molecule has 0 heterocycles. The highest BCUT2D eigenvalue weighted by molar-refractivity contribution is 5.94. The number of alkyl halides is 3. The number of benzene rings is 2. The molecule has 9 nitrogen and oxygen atoms in total. The monoisotopic (exact) mass is 588 g/mol. The molecule has 0 unspecified atom stereocenters. The van der Waals surface area contributed by atoms with Gasteiger partial charge in [-0.15, -0.1) is 13.2 Å². The van der Waals surface area contributed by atoms with Gasteiger partial charge in [0.1, 0.15) is 0 Å². The second-order valence-corrected chi connectivity index (χ2v) is 11.4. The number of nitrogens with zero attached hydrogens (tertiary/aromatic N) is 2. The molecule has 2 aromatic rings. The van der Waals surface area contributed by atoms with Crippen LogP contribution in [0.4, 0.5) is 23.7 Å². The van der Waals surface area contributed by atoms with E-state index >= 15 is 0 Å². The molecule has 226 valence electrons. The number of anilines is 1. The molecule has 0 aromatic heterocycles. The van der Waals surface area contributed by atoms with E-state index in [1.54, 1.807) is 35.2 Å². The molecule has 2 aromatic carbocycles. The third kappa shape index (κ3) is 9.39. The summed E-state index contributed by atoms with van der Waals surface area (Å²) in [7, 11) is 0. The molecule has 0 spiro atoms. The maximum absolute atomic E-state index is 13.6. The number of rotatable bonds is 9. The molecule has 3 amide bonds. The van der Waals surface area contributed by atoms with Crippen LogP contribution >= 0.6 is 0 Å². The minimum atomic E-state index is -5.03. The molecule has 3 rings (SSSR count). The van der Waals surface area contributed by atoms with Gasteiger partial charge in [0, 0.05) is 30.8 Å². The summed E-state index contributed by atoms with van der Waals surface area (Å²) in [4.78, 5) is 38.2. The summed E-state index contributed by atoms with van der Waals surface area (Å²) in [5, 5.41) is 22.9. The van der Waals surface area contributed by atoms with Crippen molar-refractivity contribution in [2.24, 2.45) is 11.3 Å². The second-order valence-electron chi connectivity index (χ2n) is 11.4. The van der Waals surface area contributed by atoms with Gasteiger partial charge in [0.25, 0.3) is 5.91 Å². The van der Waals surface area contributed by atoms with E-state index < -0.39 is 30.0 Å². The van der Waals surface area contributed by atoms with E-state index in [2.05, 4.69) is 36.1 Å². The van der Waals surface area contributed by atoms with E-state index in [1.807, 2.05) is 0 Å². The molecule has 0 aliphatic heterocycles. The Morgan fingerprint density at radius 2 is 1.69 bits per heavy atom. The molecule has 1 aliphatic rings. The number of nitriles is 1. The van der Waals surface area contributed by atoms with Crippen molar-refractivity contribution in [3.05, 3.63) is 59.2 Å². The Morgan fingerprint density at radius 1 is 1.05 bits per heavy atom. The first-order valence-electron chi connectivity index (χ1n) is 13.6. The molecule has 1 fully saturated rings. The lowest BCUT2D eigenvalue weighted by molar-refractivity contribution is -0.274. The summed E-state index contributed by atoms with van der Waals surface area (Å²) in [5.41, 5.74) is 0.828. The van der Waals surface area contributed by atoms with Crippen molar-refractivity contribution in [2.75, 3.05) is 11.9 Å². The van der Waals surface area contributed by atoms with Crippen LogP contribution in [-0.4, -0.2) is 46.9 Å². The maximum atomic E-state index is 13.6. The van der Waals surface area contributed by atoms with E-state index in [-0.39, 0.29) is 42.2 Å². The maximum Gasteiger partial charge on any atom is 0.573 e. The van der Waals surface area contributed by atoms with Gasteiger partial charge in [-0.05, 0) is 66.8 Å². The van der Waals surface area contributed by atoms with E-state index in [0.717, 1.165) is 18.9 Å². The van der Waals surface area contributed by atoms with Crippen molar-refractivity contribution in [3.8, 4) is 11.8 Å². The Hall–Kier alpha value is -4.27. The van der Waals surface area contributed by atoms with Gasteiger partial charge in [-0.3, -0.25) is 9.59 Å². The third-order valence-corrected chi connectivity index (χ3v) is 7.39. The standard InChI is InChI=1S/C30H35F3N4O5/c1-29(2,3)22-9-11-23(12-10-22)37(18-19-4-7-21(8-5-19)27(40)35-15-14-26(38)39)28(41)36-24-13-6-20(17-34)16-25(24)42-30(31,32)33/h4-8,13,16,22-23H,9-12,14-15,18H2,1-3H3,(H,35,40)(H,36,41)(H,38,39)/t22-,23-. The van der Waals surface area contributed by atoms with Gasteiger partial charge in [-0.25, -0.2) is 4.79 Å². The van der Waals surface area contributed by atoms with Crippen LogP contribution in [0.5, 0.6) is 5.75 Å². The van der Waals surface area contributed by atoms with Crippen LogP contribution in [0.25, 0.3) is 0 Å². The first-order valence-corrected chi connectivity index (χ1v) is 13.6. The van der Waals surface area contributed by atoms with Crippen molar-refractivity contribution in [2.45, 2.75) is 71.8 Å². The fraction of sp³-hybridized carbons (Fsp3) is 0.467. The summed E-state index contributed by atoms with van der Waals surface area (Å²) in [6.45, 7) is 6.64. The third-order valence-electron chi connectivity index (χ3n) is 7.39. The van der Waals surface area contributed by atoms with Gasteiger partial charge in [0.2, 0.25) is 0 Å². The van der Waals surface area contributed by atoms with Crippen LogP contribution in [0.1, 0.15) is 74.4 Å². The van der Waals surface area contributed by atoms with Gasteiger partial charge in [0.05, 0.1) is 23.7 Å². The van der Waals surface area contributed by atoms with Gasteiger partial charge < -0.3 is 25.4 Å². The van der Waals surface area contributed by atoms with Crippen LogP contribution in [0.2, 0.25) is 0 Å². The number of hydrogen-bond donors (Lipinski definition) is 3. The first kappa shape index (κ1) is 32.2. The number of carboxylic acids is 1. The molecular formula is C30H35F3N4O5. The normalized spacial score (nSPS) is 17.1. The van der Waals surface area contributed by atoms with Crippen molar-refractivity contribution < 1.29 is 37.4 Å². The summed E-state index contributed by atoms with van der Waals surface area (Å²) in [6, 6.07) is 10.8. The quantitative estimate of drug-likeness (QED) is 0.315. The zero-order valence-corrected chi connectivity index (χ0v) is 23.8. The molecule has 1 saturated carbocycles. The Kier molecular flexibility index (Phi) is 10.4. The minimum Gasteiger partial charge on any atom is -0.481 e. The lowest BCUT2D eigenvalue weighted by Gasteiger charge is -2.41. The molecule has 0 atom stereocenters. The zero-order valence-electron chi connectivity index (χ0n) is 23.8. The molecule has 1 aliphatic carbocycles. The lowest BCUT2D eigenvalue weighted by Crippen LogP contribution is -2.45. The summed E-state index contributed by atoms with van der Waals surface area (Å²) in [5.74, 6) is -1.69. The SMILES string of the molecule is CC(C)(C)[C@H]1CC[C@H](N(Cc2ccc(C(=O)NCCC(=O)O)cc2)C(=O)Nc2ccc(C#N)cc2OC(F)(F)F)CC1. The van der Waals surface area contributed by atoms with E-state index in [4.69, 9.17) is 10.4 Å². The summed E-state index contributed by atoms with van der Waals surface area (Å²) >= 11 is 0. The Labute approximate surface area is 242 Å². The average Bonchev–Trinajstić information content (AvgIpc) is 2.91. The number of halogens is 3. The topological polar surface area (TPSA) is 132 Å². The summed E-state index contributed by atoms with van der Waals surface area (Å²) < 4.78 is 43.3. The first-order chi connectivity index (χ1) is 19.7. The van der Waals surface area contributed by atoms with Gasteiger partial charge in [0.15, 0.2) is 5.75 Å². The van der Waals surface area contributed by atoms with Crippen molar-refractivity contribution in [1.29, 1.82) is 5.26 Å². The number of nitrogens with one attached hydrogen (secondary N) is 2. The number of carbonyl (C=O) groups is 3. The average molecular weight is 589 g/mol. The van der Waals surface area contributed by atoms with E-state index in [1.165, 1.54) is 12.1 Å². The molecule has 0 saturated heterocycles. The van der Waals surface area contributed by atoms with Crippen LogP contribution in [0.15, 0.2) is 42.5 Å². The molecule has 0 bridgehead atoms. The number of hydrogen-bond acceptors (Lipinski definition) is 5. The molecule has 12 heteroatoms. The largest absolute Gasteiger partial charge is 0.573 e. The van der Waals surface area contributed by atoms with E-state index in [0.29, 0.717) is 29.9 Å². The lowest BCUT2D eigenvalue weighted by atomic mass is 9.71. The number of ether oxygens (including phenoxy) is 1. The molecule has 42 heavy (non-hydrogen) atoms. The van der Waals surface area contributed by atoms with Gasteiger partial charge in [-0.1, -0.05) is 32.9 Å². The number of carboxylic acid groups (broad SMARTS) is 1. The van der Waals surface area contributed by atoms with Gasteiger partial charge >= 0.3 is 18.4 Å². The van der Waals surface area contributed by atoms with Crippen LogP contribution < -0.4 is 15.4 Å². The highest BCUT2D eigenvalue weighted by atomic mass is 19.4. The fourth-order valence-corrected chi connectivity index (χ4v) is 5.05. The number of amides is 3.